The Hall–Kier alpha value is 0. The second-order valence-corrected chi connectivity index (χ2v) is 6.11. The third-order valence-electron chi connectivity index (χ3n) is 5.57. The van der Waals surface area contributed by atoms with Gasteiger partial charge in [0.15, 0.2) is 0 Å². The van der Waals surface area contributed by atoms with Crippen molar-refractivity contribution < 1.29 is 0 Å². The lowest BCUT2D eigenvalue weighted by Crippen LogP contribution is -2.19. The number of hydrogen-bond donors (Lipinski definition) is 0. The molecule has 4 unspecified atom stereocenters. The van der Waals surface area contributed by atoms with Crippen LogP contribution in [-0.4, -0.2) is 0 Å². The van der Waals surface area contributed by atoms with E-state index in [1.165, 1.54) is 6.42 Å². The minimum Gasteiger partial charge on any atom is -0.0622 e. The van der Waals surface area contributed by atoms with Crippen LogP contribution in [0.2, 0.25) is 0 Å². The Morgan fingerprint density at radius 2 is 2.00 bits per heavy atom. The van der Waals surface area contributed by atoms with Crippen molar-refractivity contribution in [3.8, 4) is 0 Å². The van der Waals surface area contributed by atoms with Gasteiger partial charge >= 0.3 is 0 Å². The SMILES string of the molecule is CC(C)C12C(C)C1C2CC1CCC1. The molecule has 0 radical (unpaired) electrons. The van der Waals surface area contributed by atoms with Gasteiger partial charge in [0.05, 0.1) is 0 Å². The van der Waals surface area contributed by atoms with Gasteiger partial charge in [0.25, 0.3) is 0 Å². The van der Waals surface area contributed by atoms with Gasteiger partial charge in [0, 0.05) is 0 Å². The Balaban J connectivity index is 1.59. The summed E-state index contributed by atoms with van der Waals surface area (Å²) in [5.41, 5.74) is 0.857. The van der Waals surface area contributed by atoms with E-state index >= 15 is 0 Å². The topological polar surface area (TPSA) is 0 Å². The van der Waals surface area contributed by atoms with E-state index in [-0.39, 0.29) is 0 Å². The van der Waals surface area contributed by atoms with E-state index in [4.69, 9.17) is 0 Å². The largest absolute Gasteiger partial charge is 0.0622 e. The Kier molecular flexibility index (Phi) is 1.49. The van der Waals surface area contributed by atoms with Gasteiger partial charge in [-0.15, -0.1) is 0 Å². The Bertz CT molecular complexity index is 226. The normalized spacial score (nSPS) is 53.1. The zero-order valence-corrected chi connectivity index (χ0v) is 9.22. The second-order valence-electron chi connectivity index (χ2n) is 6.11. The standard InChI is InChI=1S/C13H22/c1-8(2)13-9(3)12(13)11(13)7-10-5-4-6-10/h8-12H,4-7H2,1-3H3. The van der Waals surface area contributed by atoms with Crippen LogP contribution in [0.15, 0.2) is 0 Å². The lowest BCUT2D eigenvalue weighted by molar-refractivity contribution is 0.213. The lowest BCUT2D eigenvalue weighted by Gasteiger charge is -2.29. The summed E-state index contributed by atoms with van der Waals surface area (Å²) >= 11 is 0. The van der Waals surface area contributed by atoms with Gasteiger partial charge in [-0.2, -0.15) is 0 Å². The van der Waals surface area contributed by atoms with E-state index < -0.39 is 0 Å². The quantitative estimate of drug-likeness (QED) is 0.618. The van der Waals surface area contributed by atoms with E-state index in [9.17, 15) is 0 Å². The van der Waals surface area contributed by atoms with Crippen LogP contribution < -0.4 is 0 Å². The minimum atomic E-state index is 0.857. The molecule has 0 spiro atoms. The highest BCUT2D eigenvalue weighted by Crippen LogP contribution is 2.88. The molecule has 0 N–H and O–H groups in total. The Labute approximate surface area is 82.1 Å². The maximum Gasteiger partial charge on any atom is -0.0181 e. The van der Waals surface area contributed by atoms with Crippen LogP contribution in [0.25, 0.3) is 0 Å². The molecule has 0 saturated heterocycles. The number of hydrogen-bond acceptors (Lipinski definition) is 0. The molecule has 3 rings (SSSR count). The molecule has 0 aromatic heterocycles. The third-order valence-corrected chi connectivity index (χ3v) is 5.57. The first-order valence-corrected chi connectivity index (χ1v) is 6.19. The second kappa shape index (κ2) is 2.32. The molecular formula is C13H22. The van der Waals surface area contributed by atoms with Crippen molar-refractivity contribution in [1.82, 2.24) is 0 Å². The molecule has 0 aromatic carbocycles. The predicted molar refractivity (Wildman–Crippen MR) is 55.4 cm³/mol. The molecule has 3 aliphatic carbocycles. The molecule has 74 valence electrons. The molecule has 0 aromatic rings. The zero-order valence-electron chi connectivity index (χ0n) is 9.22. The minimum absolute atomic E-state index is 0.857. The zero-order chi connectivity index (χ0) is 9.22. The number of fused-ring (bicyclic) bond motifs is 1. The average Bonchev–Trinajstić information content (AvgIpc) is 2.81. The van der Waals surface area contributed by atoms with Gasteiger partial charge in [0.2, 0.25) is 0 Å². The molecule has 3 fully saturated rings. The van der Waals surface area contributed by atoms with Crippen molar-refractivity contribution in [1.29, 1.82) is 0 Å². The van der Waals surface area contributed by atoms with Gasteiger partial charge in [-0.3, -0.25) is 0 Å². The first-order valence-electron chi connectivity index (χ1n) is 6.19. The van der Waals surface area contributed by atoms with Crippen LogP contribution >= 0.6 is 0 Å². The smallest absolute Gasteiger partial charge is 0.0181 e. The first-order chi connectivity index (χ1) is 6.19. The highest BCUT2D eigenvalue weighted by atomic mass is 14.9. The molecule has 0 heteroatoms. The summed E-state index contributed by atoms with van der Waals surface area (Å²) in [6.45, 7) is 7.36. The van der Waals surface area contributed by atoms with Crippen molar-refractivity contribution in [2.24, 2.45) is 35.0 Å². The fourth-order valence-corrected chi connectivity index (χ4v) is 4.53. The van der Waals surface area contributed by atoms with Crippen LogP contribution in [0.4, 0.5) is 0 Å². The third kappa shape index (κ3) is 0.831. The summed E-state index contributed by atoms with van der Waals surface area (Å²) in [6, 6.07) is 0. The molecule has 3 saturated carbocycles. The van der Waals surface area contributed by atoms with Crippen LogP contribution in [0.5, 0.6) is 0 Å². The van der Waals surface area contributed by atoms with Gasteiger partial charge in [-0.1, -0.05) is 40.0 Å². The van der Waals surface area contributed by atoms with Crippen LogP contribution in [0, 0.1) is 35.0 Å². The molecule has 3 aliphatic rings. The fourth-order valence-electron chi connectivity index (χ4n) is 4.53. The predicted octanol–water partition coefficient (Wildman–Crippen LogP) is 3.71. The lowest BCUT2D eigenvalue weighted by atomic mass is 9.76. The Morgan fingerprint density at radius 3 is 2.31 bits per heavy atom. The van der Waals surface area contributed by atoms with Gasteiger partial charge < -0.3 is 0 Å². The van der Waals surface area contributed by atoms with Gasteiger partial charge in [0.1, 0.15) is 0 Å². The maximum atomic E-state index is 2.47. The highest BCUT2D eigenvalue weighted by molar-refractivity contribution is 5.30. The monoisotopic (exact) mass is 178 g/mol. The van der Waals surface area contributed by atoms with Crippen LogP contribution in [0.3, 0.4) is 0 Å². The van der Waals surface area contributed by atoms with E-state index in [1.807, 2.05) is 0 Å². The maximum absolute atomic E-state index is 2.47. The molecule has 0 amide bonds. The molecular weight excluding hydrogens is 156 g/mol. The molecule has 0 heterocycles. The van der Waals surface area contributed by atoms with E-state index in [1.54, 1.807) is 19.3 Å². The van der Waals surface area contributed by atoms with Crippen molar-refractivity contribution in [3.63, 3.8) is 0 Å². The number of rotatable bonds is 3. The van der Waals surface area contributed by atoms with Crippen LogP contribution in [-0.2, 0) is 0 Å². The summed E-state index contributed by atoms with van der Waals surface area (Å²) in [5, 5.41) is 0. The van der Waals surface area contributed by atoms with Crippen molar-refractivity contribution >= 4 is 0 Å². The van der Waals surface area contributed by atoms with Gasteiger partial charge in [-0.05, 0) is 41.4 Å². The van der Waals surface area contributed by atoms with Crippen molar-refractivity contribution in [2.45, 2.75) is 46.5 Å². The summed E-state index contributed by atoms with van der Waals surface area (Å²) in [4.78, 5) is 0. The molecule has 0 aliphatic heterocycles. The first kappa shape index (κ1) is 8.32. The highest BCUT2D eigenvalue weighted by Gasteiger charge is 2.84. The van der Waals surface area contributed by atoms with Crippen LogP contribution in [0.1, 0.15) is 46.5 Å². The molecule has 4 atom stereocenters. The summed E-state index contributed by atoms with van der Waals surface area (Å²) in [7, 11) is 0. The Morgan fingerprint density at radius 1 is 1.31 bits per heavy atom. The average molecular weight is 178 g/mol. The summed E-state index contributed by atoms with van der Waals surface area (Å²) < 4.78 is 0. The molecule has 13 heavy (non-hydrogen) atoms. The van der Waals surface area contributed by atoms with E-state index in [0.717, 1.165) is 35.0 Å². The van der Waals surface area contributed by atoms with Gasteiger partial charge in [-0.25, -0.2) is 0 Å². The summed E-state index contributed by atoms with van der Waals surface area (Å²) in [6.07, 6.45) is 6.21. The molecule has 0 bridgehead atoms. The molecule has 0 nitrogen and oxygen atoms in total. The summed E-state index contributed by atoms with van der Waals surface area (Å²) in [5.74, 6) is 5.50. The van der Waals surface area contributed by atoms with E-state index in [0.29, 0.717) is 0 Å². The van der Waals surface area contributed by atoms with Crippen molar-refractivity contribution in [2.75, 3.05) is 0 Å². The fraction of sp³-hybridized carbons (Fsp3) is 1.00. The van der Waals surface area contributed by atoms with Crippen molar-refractivity contribution in [3.05, 3.63) is 0 Å². The van der Waals surface area contributed by atoms with E-state index in [2.05, 4.69) is 20.8 Å².